The van der Waals surface area contributed by atoms with Crippen LogP contribution >= 0.6 is 15.9 Å². The summed E-state index contributed by atoms with van der Waals surface area (Å²) < 4.78 is 6.08. The molecule has 1 heterocycles. The maximum Gasteiger partial charge on any atom is 0.254 e. The summed E-state index contributed by atoms with van der Waals surface area (Å²) in [5.41, 5.74) is 0.758. The molecule has 3 rings (SSSR count). The summed E-state index contributed by atoms with van der Waals surface area (Å²) in [5.74, 6) is 1.66. The number of halogens is 1. The first-order chi connectivity index (χ1) is 10.2. The summed E-state index contributed by atoms with van der Waals surface area (Å²) in [6.45, 7) is 0.906. The Morgan fingerprint density at radius 3 is 2.76 bits per heavy atom. The summed E-state index contributed by atoms with van der Waals surface area (Å²) in [5, 5.41) is 0. The largest absolute Gasteiger partial charge is 0.496 e. The van der Waals surface area contributed by atoms with Crippen LogP contribution < -0.4 is 4.74 Å². The number of piperidine rings is 1. The van der Waals surface area contributed by atoms with Crippen LogP contribution in [0.2, 0.25) is 0 Å². The van der Waals surface area contributed by atoms with Gasteiger partial charge in [0.15, 0.2) is 0 Å². The van der Waals surface area contributed by atoms with Crippen molar-refractivity contribution in [2.75, 3.05) is 13.7 Å². The summed E-state index contributed by atoms with van der Waals surface area (Å²) in [6.07, 6.45) is 7.49. The van der Waals surface area contributed by atoms with Crippen LogP contribution in [0, 0.1) is 5.92 Å². The first-order valence-corrected chi connectivity index (χ1v) is 8.64. The third-order valence-corrected chi connectivity index (χ3v) is 5.52. The van der Waals surface area contributed by atoms with Crippen molar-refractivity contribution in [1.82, 2.24) is 4.90 Å². The molecule has 0 N–H and O–H groups in total. The van der Waals surface area contributed by atoms with E-state index in [-0.39, 0.29) is 5.91 Å². The van der Waals surface area contributed by atoms with E-state index in [9.17, 15) is 4.79 Å². The maximum absolute atomic E-state index is 12.9. The fourth-order valence-electron chi connectivity index (χ4n) is 3.84. The normalized spacial score (nSPS) is 25.3. The van der Waals surface area contributed by atoms with E-state index in [4.69, 9.17) is 4.74 Å². The van der Waals surface area contributed by atoms with Crippen molar-refractivity contribution < 1.29 is 9.53 Å². The smallest absolute Gasteiger partial charge is 0.254 e. The zero-order valence-electron chi connectivity index (χ0n) is 12.5. The van der Waals surface area contributed by atoms with Crippen LogP contribution in [-0.4, -0.2) is 30.5 Å². The Labute approximate surface area is 134 Å². The second-order valence-corrected chi connectivity index (χ2v) is 6.96. The lowest BCUT2D eigenvalue weighted by atomic mass is 9.78. The Kier molecular flexibility index (Phi) is 4.53. The minimum atomic E-state index is 0.176. The van der Waals surface area contributed by atoms with Crippen molar-refractivity contribution >= 4 is 21.8 Å². The topological polar surface area (TPSA) is 29.5 Å². The second kappa shape index (κ2) is 6.39. The van der Waals surface area contributed by atoms with Crippen LogP contribution in [0.5, 0.6) is 5.75 Å². The average Bonchev–Trinajstić information content (AvgIpc) is 2.53. The van der Waals surface area contributed by atoms with Gasteiger partial charge in [0.2, 0.25) is 0 Å². The Morgan fingerprint density at radius 2 is 2.00 bits per heavy atom. The predicted octanol–water partition coefficient (Wildman–Crippen LogP) is 4.25. The van der Waals surface area contributed by atoms with Gasteiger partial charge in [0.25, 0.3) is 5.91 Å². The molecule has 2 aliphatic rings. The number of benzene rings is 1. The number of ether oxygens (including phenoxy) is 1. The van der Waals surface area contributed by atoms with Crippen LogP contribution in [0.25, 0.3) is 0 Å². The van der Waals surface area contributed by atoms with E-state index in [2.05, 4.69) is 20.8 Å². The molecule has 1 aromatic rings. The van der Waals surface area contributed by atoms with Crippen LogP contribution in [0.4, 0.5) is 0 Å². The Hall–Kier alpha value is -1.03. The number of likely N-dealkylation sites (tertiary alicyclic amines) is 1. The lowest BCUT2D eigenvalue weighted by molar-refractivity contribution is 0.0390. The molecule has 1 saturated heterocycles. The molecule has 1 aliphatic heterocycles. The van der Waals surface area contributed by atoms with Crippen LogP contribution in [0.1, 0.15) is 48.9 Å². The monoisotopic (exact) mass is 351 g/mol. The lowest BCUT2D eigenvalue weighted by Gasteiger charge is -2.44. The van der Waals surface area contributed by atoms with Crippen molar-refractivity contribution in [1.29, 1.82) is 0 Å². The lowest BCUT2D eigenvalue weighted by Crippen LogP contribution is -2.49. The predicted molar refractivity (Wildman–Crippen MR) is 86.7 cm³/mol. The minimum Gasteiger partial charge on any atom is -0.496 e. The van der Waals surface area contributed by atoms with Crippen molar-refractivity contribution in [3.63, 3.8) is 0 Å². The number of nitrogens with zero attached hydrogens (tertiary/aromatic N) is 1. The van der Waals surface area contributed by atoms with Crippen LogP contribution in [0.3, 0.4) is 0 Å². The van der Waals surface area contributed by atoms with Gasteiger partial charge in [-0.1, -0.05) is 12.8 Å². The second-order valence-electron chi connectivity index (χ2n) is 6.10. The van der Waals surface area contributed by atoms with E-state index in [1.54, 1.807) is 7.11 Å². The van der Waals surface area contributed by atoms with Gasteiger partial charge in [-0.15, -0.1) is 0 Å². The molecule has 1 saturated carbocycles. The van der Waals surface area contributed by atoms with Crippen molar-refractivity contribution in [2.45, 2.75) is 44.6 Å². The van der Waals surface area contributed by atoms with E-state index < -0.39 is 0 Å². The van der Waals surface area contributed by atoms with E-state index in [1.807, 2.05) is 18.2 Å². The molecule has 0 spiro atoms. The van der Waals surface area contributed by atoms with Gasteiger partial charge in [0, 0.05) is 18.2 Å². The number of fused-ring (bicyclic) bond motifs is 1. The van der Waals surface area contributed by atoms with E-state index in [0.717, 1.165) is 34.7 Å². The molecule has 3 nitrogen and oxygen atoms in total. The number of hydrogen-bond donors (Lipinski definition) is 0. The molecule has 21 heavy (non-hydrogen) atoms. The molecule has 2 fully saturated rings. The number of rotatable bonds is 2. The van der Waals surface area contributed by atoms with Gasteiger partial charge in [-0.25, -0.2) is 0 Å². The summed E-state index contributed by atoms with van der Waals surface area (Å²) in [7, 11) is 1.64. The van der Waals surface area contributed by atoms with Crippen LogP contribution in [-0.2, 0) is 0 Å². The molecular weight excluding hydrogens is 330 g/mol. The molecular formula is C17H22BrNO2. The molecule has 1 amide bonds. The van der Waals surface area contributed by atoms with Crippen molar-refractivity contribution in [3.05, 3.63) is 28.2 Å². The highest BCUT2D eigenvalue weighted by molar-refractivity contribution is 9.10. The van der Waals surface area contributed by atoms with E-state index in [0.29, 0.717) is 6.04 Å². The molecule has 0 bridgehead atoms. The molecule has 0 radical (unpaired) electrons. The SMILES string of the molecule is COc1ccc(C(=O)N2CCCC3CCCCC32)cc1Br. The Bertz CT molecular complexity index is 530. The average molecular weight is 352 g/mol. The van der Waals surface area contributed by atoms with Gasteiger partial charge in [0.1, 0.15) is 5.75 Å². The van der Waals surface area contributed by atoms with Crippen molar-refractivity contribution in [2.24, 2.45) is 5.92 Å². The van der Waals surface area contributed by atoms with Gasteiger partial charge >= 0.3 is 0 Å². The zero-order chi connectivity index (χ0) is 14.8. The highest BCUT2D eigenvalue weighted by Crippen LogP contribution is 2.36. The maximum atomic E-state index is 12.9. The van der Waals surface area contributed by atoms with Gasteiger partial charge in [-0.05, 0) is 65.7 Å². The van der Waals surface area contributed by atoms with Gasteiger partial charge in [-0.3, -0.25) is 4.79 Å². The molecule has 114 valence electrons. The third-order valence-electron chi connectivity index (χ3n) is 4.90. The number of carbonyl (C=O) groups excluding carboxylic acids is 1. The molecule has 1 aliphatic carbocycles. The van der Waals surface area contributed by atoms with E-state index >= 15 is 0 Å². The molecule has 2 atom stereocenters. The quantitative estimate of drug-likeness (QED) is 0.796. The van der Waals surface area contributed by atoms with Gasteiger partial charge < -0.3 is 9.64 Å². The van der Waals surface area contributed by atoms with Gasteiger partial charge in [-0.2, -0.15) is 0 Å². The number of carbonyl (C=O) groups is 1. The molecule has 4 heteroatoms. The molecule has 0 aromatic heterocycles. The van der Waals surface area contributed by atoms with E-state index in [1.165, 1.54) is 32.1 Å². The fraction of sp³-hybridized carbons (Fsp3) is 0.588. The fourth-order valence-corrected chi connectivity index (χ4v) is 4.38. The standard InChI is InChI=1S/C17H22BrNO2/c1-21-16-9-8-13(11-14(16)18)17(20)19-10-4-6-12-5-2-3-7-15(12)19/h8-9,11-12,15H,2-7,10H2,1H3. The van der Waals surface area contributed by atoms with Crippen molar-refractivity contribution in [3.8, 4) is 5.75 Å². The Morgan fingerprint density at radius 1 is 1.24 bits per heavy atom. The highest BCUT2D eigenvalue weighted by Gasteiger charge is 2.36. The number of amides is 1. The third kappa shape index (κ3) is 2.96. The summed E-state index contributed by atoms with van der Waals surface area (Å²) in [6, 6.07) is 6.08. The molecule has 2 unspecified atom stereocenters. The first kappa shape index (κ1) is 14.9. The summed E-state index contributed by atoms with van der Waals surface area (Å²) in [4.78, 5) is 15.0. The Balaban J connectivity index is 1.81. The zero-order valence-corrected chi connectivity index (χ0v) is 14.1. The van der Waals surface area contributed by atoms with Crippen LogP contribution in [0.15, 0.2) is 22.7 Å². The summed E-state index contributed by atoms with van der Waals surface area (Å²) >= 11 is 3.47. The number of hydrogen-bond acceptors (Lipinski definition) is 2. The number of methoxy groups -OCH3 is 1. The molecule has 1 aromatic carbocycles. The highest BCUT2D eigenvalue weighted by atomic mass is 79.9. The minimum absolute atomic E-state index is 0.176. The van der Waals surface area contributed by atoms with Gasteiger partial charge in [0.05, 0.1) is 11.6 Å². The first-order valence-electron chi connectivity index (χ1n) is 7.85.